The first-order chi connectivity index (χ1) is 5.68. The summed E-state index contributed by atoms with van der Waals surface area (Å²) in [5.74, 6) is 0.762. The second kappa shape index (κ2) is 2.52. The van der Waals surface area contributed by atoms with E-state index >= 15 is 0 Å². The van der Waals surface area contributed by atoms with Gasteiger partial charge in [0.2, 0.25) is 0 Å². The minimum absolute atomic E-state index is 0.00843. The molecular weight excluding hydrogens is 156 g/mol. The fourth-order valence-electron chi connectivity index (χ4n) is 1.71. The van der Waals surface area contributed by atoms with E-state index in [1.165, 1.54) is 0 Å². The van der Waals surface area contributed by atoms with Gasteiger partial charge in [0.15, 0.2) is 0 Å². The Bertz CT molecular complexity index is 301. The van der Waals surface area contributed by atoms with Crippen molar-refractivity contribution in [2.75, 3.05) is 0 Å². The molecule has 1 aromatic rings. The van der Waals surface area contributed by atoms with Crippen LogP contribution in [0.4, 0.5) is 0 Å². The topological polar surface area (TPSA) is 53.6 Å². The molecule has 66 valence electrons. The normalized spacial score (nSPS) is 22.3. The van der Waals surface area contributed by atoms with Crippen LogP contribution >= 0.6 is 0 Å². The Kier molecular flexibility index (Phi) is 1.61. The fourth-order valence-corrected chi connectivity index (χ4v) is 1.71. The smallest absolute Gasteiger partial charge is 0.285 e. The van der Waals surface area contributed by atoms with Crippen LogP contribution in [0.1, 0.15) is 23.3 Å². The molecule has 3 nitrogen and oxygen atoms in total. The summed E-state index contributed by atoms with van der Waals surface area (Å²) in [4.78, 5) is 0. The summed E-state index contributed by atoms with van der Waals surface area (Å²) < 4.78 is 5.10. The minimum atomic E-state index is -0.303. The molecular formula is C9H12O3. The van der Waals surface area contributed by atoms with Gasteiger partial charge in [-0.3, -0.25) is 0 Å². The maximum Gasteiger partial charge on any atom is 0.285 e. The lowest BCUT2D eigenvalue weighted by Crippen LogP contribution is -2.17. The van der Waals surface area contributed by atoms with Crippen molar-refractivity contribution in [1.82, 2.24) is 0 Å². The van der Waals surface area contributed by atoms with Crippen molar-refractivity contribution in [3.8, 4) is 5.95 Å². The van der Waals surface area contributed by atoms with Crippen LogP contribution in [0, 0.1) is 6.92 Å². The van der Waals surface area contributed by atoms with Crippen molar-refractivity contribution in [2.45, 2.75) is 32.3 Å². The molecule has 1 atom stereocenters. The van der Waals surface area contributed by atoms with E-state index in [2.05, 4.69) is 0 Å². The lowest BCUT2D eigenvalue weighted by atomic mass is 9.94. The first-order valence-electron chi connectivity index (χ1n) is 4.16. The Morgan fingerprint density at radius 3 is 3.00 bits per heavy atom. The van der Waals surface area contributed by atoms with Gasteiger partial charge in [-0.05, 0) is 19.8 Å². The van der Waals surface area contributed by atoms with Crippen molar-refractivity contribution >= 4 is 0 Å². The van der Waals surface area contributed by atoms with Gasteiger partial charge >= 0.3 is 0 Å². The van der Waals surface area contributed by atoms with Gasteiger partial charge in [0.05, 0.1) is 6.10 Å². The lowest BCUT2D eigenvalue weighted by Gasteiger charge is -2.15. The highest BCUT2D eigenvalue weighted by Gasteiger charge is 2.23. The van der Waals surface area contributed by atoms with Crippen LogP contribution in [-0.4, -0.2) is 16.3 Å². The molecule has 3 heteroatoms. The zero-order chi connectivity index (χ0) is 8.72. The largest absolute Gasteiger partial charge is 0.481 e. The summed E-state index contributed by atoms with van der Waals surface area (Å²) in [6.07, 6.45) is 1.82. The molecule has 1 heterocycles. The molecule has 0 aromatic carbocycles. The van der Waals surface area contributed by atoms with Crippen molar-refractivity contribution < 1.29 is 14.6 Å². The number of hydrogen-bond donors (Lipinski definition) is 2. The van der Waals surface area contributed by atoms with E-state index < -0.39 is 0 Å². The molecule has 1 aromatic heterocycles. The summed E-state index contributed by atoms with van der Waals surface area (Å²) >= 11 is 0. The minimum Gasteiger partial charge on any atom is -0.481 e. The first-order valence-corrected chi connectivity index (χ1v) is 4.16. The monoisotopic (exact) mass is 168 g/mol. The van der Waals surface area contributed by atoms with E-state index in [9.17, 15) is 10.2 Å². The van der Waals surface area contributed by atoms with E-state index in [0.29, 0.717) is 6.42 Å². The van der Waals surface area contributed by atoms with E-state index in [4.69, 9.17) is 4.42 Å². The average Bonchev–Trinajstić information content (AvgIpc) is 2.28. The van der Waals surface area contributed by atoms with E-state index in [0.717, 1.165) is 29.7 Å². The first kappa shape index (κ1) is 7.68. The Hall–Kier alpha value is -0.960. The van der Waals surface area contributed by atoms with Crippen molar-refractivity contribution in [2.24, 2.45) is 0 Å². The molecule has 0 amide bonds. The third-order valence-corrected chi connectivity index (χ3v) is 2.48. The molecule has 0 aliphatic heterocycles. The van der Waals surface area contributed by atoms with Crippen LogP contribution in [0.5, 0.6) is 5.95 Å². The Morgan fingerprint density at radius 1 is 1.50 bits per heavy atom. The summed E-state index contributed by atoms with van der Waals surface area (Å²) in [6, 6.07) is 0. The predicted molar refractivity (Wildman–Crippen MR) is 43.1 cm³/mol. The highest BCUT2D eigenvalue weighted by Crippen LogP contribution is 2.32. The molecule has 1 aliphatic carbocycles. The van der Waals surface area contributed by atoms with Crippen LogP contribution < -0.4 is 0 Å². The molecule has 0 fully saturated rings. The molecule has 0 saturated heterocycles. The molecule has 0 bridgehead atoms. The molecule has 2 N–H and O–H groups in total. The summed E-state index contributed by atoms with van der Waals surface area (Å²) in [6.45, 7) is 1.84. The zero-order valence-corrected chi connectivity index (χ0v) is 7.00. The van der Waals surface area contributed by atoms with Gasteiger partial charge < -0.3 is 14.6 Å². The van der Waals surface area contributed by atoms with E-state index in [-0.39, 0.29) is 12.1 Å². The number of furan rings is 1. The highest BCUT2D eigenvalue weighted by atomic mass is 16.5. The third kappa shape index (κ3) is 1.01. The Morgan fingerprint density at radius 2 is 2.25 bits per heavy atom. The number of fused-ring (bicyclic) bond motifs is 1. The van der Waals surface area contributed by atoms with E-state index in [1.807, 2.05) is 6.92 Å². The van der Waals surface area contributed by atoms with Gasteiger partial charge in [-0.1, -0.05) is 0 Å². The molecule has 0 radical (unpaired) electrons. The van der Waals surface area contributed by atoms with Crippen molar-refractivity contribution in [3.63, 3.8) is 0 Å². The second-order valence-corrected chi connectivity index (χ2v) is 3.33. The van der Waals surface area contributed by atoms with Gasteiger partial charge in [0.25, 0.3) is 5.95 Å². The average molecular weight is 168 g/mol. The molecule has 2 rings (SSSR count). The zero-order valence-electron chi connectivity index (χ0n) is 7.00. The van der Waals surface area contributed by atoms with Crippen molar-refractivity contribution in [3.05, 3.63) is 16.9 Å². The van der Waals surface area contributed by atoms with Crippen LogP contribution in [-0.2, 0) is 12.8 Å². The molecule has 0 unspecified atom stereocenters. The van der Waals surface area contributed by atoms with Gasteiger partial charge in [-0.25, -0.2) is 0 Å². The number of aromatic hydroxyl groups is 1. The summed E-state index contributed by atoms with van der Waals surface area (Å²) in [5, 5.41) is 18.6. The highest BCUT2D eigenvalue weighted by molar-refractivity contribution is 5.37. The molecule has 0 spiro atoms. The Balaban J connectivity index is 2.43. The second-order valence-electron chi connectivity index (χ2n) is 3.33. The van der Waals surface area contributed by atoms with Crippen LogP contribution in [0.25, 0.3) is 0 Å². The number of aliphatic hydroxyl groups is 1. The number of aliphatic hydroxyl groups excluding tert-OH is 1. The number of hydrogen-bond acceptors (Lipinski definition) is 3. The van der Waals surface area contributed by atoms with Gasteiger partial charge in [-0.15, -0.1) is 0 Å². The maximum atomic E-state index is 9.31. The van der Waals surface area contributed by atoms with Crippen LogP contribution in [0.15, 0.2) is 4.42 Å². The third-order valence-electron chi connectivity index (χ3n) is 2.48. The van der Waals surface area contributed by atoms with Crippen molar-refractivity contribution in [1.29, 1.82) is 0 Å². The fraction of sp³-hybridized carbons (Fsp3) is 0.556. The predicted octanol–water partition coefficient (Wildman–Crippen LogP) is 1.14. The number of rotatable bonds is 0. The Labute approximate surface area is 70.6 Å². The van der Waals surface area contributed by atoms with Gasteiger partial charge in [0.1, 0.15) is 5.76 Å². The van der Waals surface area contributed by atoms with E-state index in [1.54, 1.807) is 0 Å². The van der Waals surface area contributed by atoms with Gasteiger partial charge in [-0.2, -0.15) is 0 Å². The summed E-state index contributed by atoms with van der Waals surface area (Å²) in [7, 11) is 0. The quantitative estimate of drug-likeness (QED) is 0.610. The maximum absolute atomic E-state index is 9.31. The molecule has 0 saturated carbocycles. The molecule has 1 aliphatic rings. The summed E-state index contributed by atoms with van der Waals surface area (Å²) in [5.41, 5.74) is 1.91. The van der Waals surface area contributed by atoms with Crippen LogP contribution in [0.2, 0.25) is 0 Å². The van der Waals surface area contributed by atoms with Gasteiger partial charge in [0, 0.05) is 17.5 Å². The van der Waals surface area contributed by atoms with Crippen LogP contribution in [0.3, 0.4) is 0 Å². The lowest BCUT2D eigenvalue weighted by molar-refractivity contribution is 0.147. The SMILES string of the molecule is Cc1c(O)oc2c1CC[C@@H](O)C2. The standard InChI is InChI=1S/C9H12O3/c1-5-7-3-2-6(10)4-8(7)12-9(5)11/h6,10-11H,2-4H2,1H3/t6-/m1/s1. The molecule has 12 heavy (non-hydrogen) atoms.